The van der Waals surface area contributed by atoms with Crippen molar-refractivity contribution in [2.75, 3.05) is 0 Å². The van der Waals surface area contributed by atoms with E-state index in [0.29, 0.717) is 0 Å². The molecule has 3 aromatic rings. The van der Waals surface area contributed by atoms with Crippen LogP contribution in [0.2, 0.25) is 0 Å². The summed E-state index contributed by atoms with van der Waals surface area (Å²) in [5.74, 6) is 0.0868. The van der Waals surface area contributed by atoms with Crippen LogP contribution in [0, 0.1) is 0 Å². The molecule has 2 aromatic carbocycles. The fraction of sp³-hybridized carbons (Fsp3) is 0. The molecule has 0 unspecified atom stereocenters. The van der Waals surface area contributed by atoms with Crippen LogP contribution in [0.25, 0.3) is 10.1 Å². The molecule has 0 N–H and O–H groups in total. The van der Waals surface area contributed by atoms with Gasteiger partial charge in [0.25, 0.3) is 0 Å². The van der Waals surface area contributed by atoms with E-state index in [1.165, 1.54) is 0 Å². The predicted molar refractivity (Wildman–Crippen MR) is 79.4 cm³/mol. The van der Waals surface area contributed by atoms with Gasteiger partial charge in [-0.3, -0.25) is 4.79 Å². The van der Waals surface area contributed by atoms with Crippen LogP contribution in [0.15, 0.2) is 59.1 Å². The fourth-order valence-corrected chi connectivity index (χ4v) is 3.13. The third-order valence-electron chi connectivity index (χ3n) is 2.76. The summed E-state index contributed by atoms with van der Waals surface area (Å²) in [7, 11) is 0. The van der Waals surface area contributed by atoms with Gasteiger partial charge in [-0.15, -0.1) is 11.3 Å². The Kier molecular flexibility index (Phi) is 3.02. The summed E-state index contributed by atoms with van der Waals surface area (Å²) in [6.45, 7) is 0. The van der Waals surface area contributed by atoms with Crippen LogP contribution < -0.4 is 0 Å². The lowest BCUT2D eigenvalue weighted by atomic mass is 10.1. The summed E-state index contributed by atoms with van der Waals surface area (Å²) in [6, 6.07) is 17.5. The molecule has 3 heteroatoms. The third kappa shape index (κ3) is 2.11. The lowest BCUT2D eigenvalue weighted by molar-refractivity contribution is 0.104. The molecule has 18 heavy (non-hydrogen) atoms. The highest BCUT2D eigenvalue weighted by Crippen LogP contribution is 2.27. The van der Waals surface area contributed by atoms with Gasteiger partial charge in [0.15, 0.2) is 0 Å². The molecule has 0 amide bonds. The minimum absolute atomic E-state index is 0.0868. The molecule has 0 saturated carbocycles. The smallest absolute Gasteiger partial charge is 0.202 e. The highest BCUT2D eigenvalue weighted by Gasteiger charge is 2.12. The first-order valence-corrected chi connectivity index (χ1v) is 7.14. The van der Waals surface area contributed by atoms with E-state index in [1.54, 1.807) is 11.3 Å². The van der Waals surface area contributed by atoms with E-state index in [1.807, 2.05) is 54.6 Å². The number of carbonyl (C=O) groups excluding carboxylic acids is 1. The zero-order chi connectivity index (χ0) is 12.5. The van der Waals surface area contributed by atoms with Crippen molar-refractivity contribution in [2.24, 2.45) is 0 Å². The van der Waals surface area contributed by atoms with E-state index in [9.17, 15) is 4.79 Å². The summed E-state index contributed by atoms with van der Waals surface area (Å²) in [4.78, 5) is 13.1. The van der Waals surface area contributed by atoms with Gasteiger partial charge in [0, 0.05) is 14.7 Å². The number of carbonyl (C=O) groups is 1. The van der Waals surface area contributed by atoms with E-state index in [-0.39, 0.29) is 5.78 Å². The summed E-state index contributed by atoms with van der Waals surface area (Å²) in [5, 5.41) is 1.13. The predicted octanol–water partition coefficient (Wildman–Crippen LogP) is 4.89. The summed E-state index contributed by atoms with van der Waals surface area (Å²) >= 11 is 4.91. The molecule has 0 radical (unpaired) electrons. The first-order valence-electron chi connectivity index (χ1n) is 5.53. The van der Waals surface area contributed by atoms with E-state index < -0.39 is 0 Å². The Bertz CT molecular complexity index is 680. The van der Waals surface area contributed by atoms with Crippen molar-refractivity contribution < 1.29 is 4.79 Å². The van der Waals surface area contributed by atoms with Crippen molar-refractivity contribution in [3.63, 3.8) is 0 Å². The van der Waals surface area contributed by atoms with Crippen LogP contribution in [0.1, 0.15) is 15.2 Å². The van der Waals surface area contributed by atoms with Crippen molar-refractivity contribution in [1.82, 2.24) is 0 Å². The van der Waals surface area contributed by atoms with Crippen LogP contribution >= 0.6 is 27.3 Å². The van der Waals surface area contributed by atoms with Gasteiger partial charge in [-0.2, -0.15) is 0 Å². The Morgan fingerprint density at radius 3 is 2.44 bits per heavy atom. The van der Waals surface area contributed by atoms with Gasteiger partial charge < -0.3 is 0 Å². The lowest BCUT2D eigenvalue weighted by Gasteiger charge is -1.97. The Morgan fingerprint density at radius 2 is 1.72 bits per heavy atom. The maximum absolute atomic E-state index is 12.3. The molecule has 1 nitrogen and oxygen atoms in total. The van der Waals surface area contributed by atoms with Gasteiger partial charge in [0.2, 0.25) is 5.78 Å². The SMILES string of the molecule is O=C(c1ccc(Br)cc1)c1cc2ccccc2s1. The highest BCUT2D eigenvalue weighted by atomic mass is 79.9. The monoisotopic (exact) mass is 316 g/mol. The minimum Gasteiger partial charge on any atom is -0.288 e. The molecule has 0 bridgehead atoms. The maximum atomic E-state index is 12.3. The highest BCUT2D eigenvalue weighted by molar-refractivity contribution is 9.10. The number of ketones is 1. The normalized spacial score (nSPS) is 10.7. The number of hydrogen-bond donors (Lipinski definition) is 0. The first-order chi connectivity index (χ1) is 8.74. The number of halogens is 1. The molecular weight excluding hydrogens is 308 g/mol. The van der Waals surface area contributed by atoms with Crippen molar-refractivity contribution in [3.8, 4) is 0 Å². The average Bonchev–Trinajstić information content (AvgIpc) is 2.82. The van der Waals surface area contributed by atoms with Crippen molar-refractivity contribution >= 4 is 43.1 Å². The first kappa shape index (κ1) is 11.6. The average molecular weight is 317 g/mol. The van der Waals surface area contributed by atoms with Gasteiger partial charge in [0.05, 0.1) is 4.88 Å². The molecule has 0 aliphatic carbocycles. The fourth-order valence-electron chi connectivity index (χ4n) is 1.84. The van der Waals surface area contributed by atoms with E-state index in [0.717, 1.165) is 25.0 Å². The van der Waals surface area contributed by atoms with Crippen LogP contribution in [-0.2, 0) is 0 Å². The lowest BCUT2D eigenvalue weighted by Crippen LogP contribution is -1.97. The quantitative estimate of drug-likeness (QED) is 0.615. The van der Waals surface area contributed by atoms with Crippen LogP contribution in [0.4, 0.5) is 0 Å². The van der Waals surface area contributed by atoms with Gasteiger partial charge in [0.1, 0.15) is 0 Å². The molecule has 88 valence electrons. The molecule has 1 aromatic heterocycles. The van der Waals surface area contributed by atoms with E-state index >= 15 is 0 Å². The Labute approximate surface area is 117 Å². The molecule has 0 saturated heterocycles. The third-order valence-corrected chi connectivity index (χ3v) is 4.40. The second-order valence-electron chi connectivity index (χ2n) is 3.98. The minimum atomic E-state index is 0.0868. The van der Waals surface area contributed by atoms with Gasteiger partial charge >= 0.3 is 0 Å². The molecule has 0 spiro atoms. The molecule has 0 aliphatic heterocycles. The maximum Gasteiger partial charge on any atom is 0.202 e. The van der Waals surface area contributed by atoms with Crippen LogP contribution in [0.3, 0.4) is 0 Å². The standard InChI is InChI=1S/C15H9BrOS/c16-12-7-5-10(6-8-12)15(17)14-9-11-3-1-2-4-13(11)18-14/h1-9H. The molecular formula is C15H9BrOS. The topological polar surface area (TPSA) is 17.1 Å². The van der Waals surface area contributed by atoms with Crippen molar-refractivity contribution in [3.05, 3.63) is 69.5 Å². The Balaban J connectivity index is 2.03. The zero-order valence-corrected chi connectivity index (χ0v) is 11.8. The zero-order valence-electron chi connectivity index (χ0n) is 9.39. The van der Waals surface area contributed by atoms with Crippen LogP contribution in [-0.4, -0.2) is 5.78 Å². The number of hydrogen-bond acceptors (Lipinski definition) is 2. The van der Waals surface area contributed by atoms with Gasteiger partial charge in [-0.25, -0.2) is 0 Å². The number of rotatable bonds is 2. The summed E-state index contributed by atoms with van der Waals surface area (Å²) in [5.41, 5.74) is 0.727. The molecule has 0 aliphatic rings. The van der Waals surface area contributed by atoms with E-state index in [4.69, 9.17) is 0 Å². The Hall–Kier alpha value is -1.45. The van der Waals surface area contributed by atoms with Crippen LogP contribution in [0.5, 0.6) is 0 Å². The second kappa shape index (κ2) is 4.67. The number of thiophene rings is 1. The molecule has 1 heterocycles. The van der Waals surface area contributed by atoms with Crippen molar-refractivity contribution in [2.45, 2.75) is 0 Å². The number of fused-ring (bicyclic) bond motifs is 1. The second-order valence-corrected chi connectivity index (χ2v) is 5.98. The summed E-state index contributed by atoms with van der Waals surface area (Å²) in [6.07, 6.45) is 0. The largest absolute Gasteiger partial charge is 0.288 e. The molecule has 0 fully saturated rings. The molecule has 0 atom stereocenters. The molecule has 3 rings (SSSR count). The Morgan fingerprint density at radius 1 is 1.00 bits per heavy atom. The van der Waals surface area contributed by atoms with Crippen molar-refractivity contribution in [1.29, 1.82) is 0 Å². The number of benzene rings is 2. The summed E-state index contributed by atoms with van der Waals surface area (Å²) < 4.78 is 2.13. The van der Waals surface area contributed by atoms with Gasteiger partial charge in [-0.1, -0.05) is 34.1 Å². The van der Waals surface area contributed by atoms with Gasteiger partial charge in [-0.05, 0) is 41.8 Å². The van der Waals surface area contributed by atoms with E-state index in [2.05, 4.69) is 15.9 Å².